The predicted octanol–water partition coefficient (Wildman–Crippen LogP) is 4.94. The van der Waals surface area contributed by atoms with E-state index in [9.17, 15) is 0 Å². The third kappa shape index (κ3) is 4.27. The Morgan fingerprint density at radius 3 is 2.41 bits per heavy atom. The lowest BCUT2D eigenvalue weighted by Gasteiger charge is -2.07. The molecule has 27 heavy (non-hydrogen) atoms. The summed E-state index contributed by atoms with van der Waals surface area (Å²) in [6.45, 7) is 2.78. The number of nitrogens with zero attached hydrogens (tertiary/aromatic N) is 3. The van der Waals surface area contributed by atoms with E-state index in [0.29, 0.717) is 11.5 Å². The fraction of sp³-hybridized carbons (Fsp3) is 0.150. The number of hydrogen-bond acceptors (Lipinski definition) is 7. The van der Waals surface area contributed by atoms with Crippen LogP contribution < -0.4 is 5.73 Å². The van der Waals surface area contributed by atoms with Gasteiger partial charge in [0, 0.05) is 37.2 Å². The van der Waals surface area contributed by atoms with Crippen LogP contribution in [-0.4, -0.2) is 28.7 Å². The summed E-state index contributed by atoms with van der Waals surface area (Å²) >= 11 is 5.92. The first-order valence-electron chi connectivity index (χ1n) is 8.39. The van der Waals surface area contributed by atoms with E-state index in [1.165, 1.54) is 11.3 Å². The lowest BCUT2D eigenvalue weighted by molar-refractivity contribution is 0.215. The Balaban J connectivity index is 0.000000481. The number of thiophene rings is 1. The quantitative estimate of drug-likeness (QED) is 0.480. The van der Waals surface area contributed by atoms with E-state index in [2.05, 4.69) is 27.3 Å². The first-order chi connectivity index (χ1) is 13.2. The first-order valence-corrected chi connectivity index (χ1v) is 9.65. The van der Waals surface area contributed by atoms with E-state index in [1.807, 2.05) is 49.4 Å². The highest BCUT2D eigenvalue weighted by Crippen LogP contribution is 2.40. The molecule has 0 aliphatic heterocycles. The number of aromatic nitrogens is 3. The molecule has 0 bridgehead atoms. The Hall–Kier alpha value is -2.48. The molecule has 0 atom stereocenters. The number of nitrogen functional groups attached to an aromatic ring is 1. The molecule has 0 aliphatic carbocycles. The largest absolute Gasteiger partial charge is 0.397 e. The first kappa shape index (κ1) is 19.3. The zero-order valence-corrected chi connectivity index (χ0v) is 16.8. The molecule has 0 fully saturated rings. The fourth-order valence-corrected chi connectivity index (χ4v) is 3.65. The average Bonchev–Trinajstić information content (AvgIpc) is 3.02. The van der Waals surface area contributed by atoms with Crippen molar-refractivity contribution in [1.82, 2.24) is 15.0 Å². The Morgan fingerprint density at radius 2 is 1.78 bits per heavy atom. The predicted molar refractivity (Wildman–Crippen MR) is 115 cm³/mol. The van der Waals surface area contributed by atoms with E-state index in [1.54, 1.807) is 19.5 Å². The van der Waals surface area contributed by atoms with Crippen LogP contribution in [0.15, 0.2) is 59.1 Å². The molecule has 0 radical (unpaired) electrons. The van der Waals surface area contributed by atoms with Crippen LogP contribution in [0, 0.1) is 0 Å². The standard InChI is InChI=1S/C17H12N4S2.C3H8O/c18-13-12-14(10-5-2-1-3-6-10)20-15(11-7-4-8-19-9-11)21-16(12)23-17(13)22;1-3-4-2/h1-9,22H,18H2;3H2,1-2H3. The summed E-state index contributed by atoms with van der Waals surface area (Å²) in [5.74, 6) is 0.638. The van der Waals surface area contributed by atoms with E-state index >= 15 is 0 Å². The zero-order valence-electron chi connectivity index (χ0n) is 15.1. The minimum atomic E-state index is 0.630. The molecular formula is C20H20N4OS2. The van der Waals surface area contributed by atoms with E-state index in [0.717, 1.165) is 37.9 Å². The molecule has 3 heterocycles. The van der Waals surface area contributed by atoms with Crippen molar-refractivity contribution in [2.24, 2.45) is 0 Å². The molecule has 0 spiro atoms. The molecule has 138 valence electrons. The molecule has 0 saturated heterocycles. The van der Waals surface area contributed by atoms with Gasteiger partial charge in [0.25, 0.3) is 0 Å². The number of benzene rings is 1. The van der Waals surface area contributed by atoms with Gasteiger partial charge in [0.15, 0.2) is 5.82 Å². The summed E-state index contributed by atoms with van der Waals surface area (Å²) < 4.78 is 5.30. The second kappa shape index (κ2) is 8.94. The van der Waals surface area contributed by atoms with Crippen LogP contribution in [-0.2, 0) is 4.74 Å². The molecule has 3 aromatic heterocycles. The summed E-state index contributed by atoms with van der Waals surface area (Å²) in [7, 11) is 1.68. The van der Waals surface area contributed by atoms with Crippen molar-refractivity contribution in [2.45, 2.75) is 11.1 Å². The zero-order chi connectivity index (χ0) is 19.2. The lowest BCUT2D eigenvalue weighted by Crippen LogP contribution is -1.95. The molecule has 4 aromatic rings. The highest BCUT2D eigenvalue weighted by atomic mass is 32.2. The van der Waals surface area contributed by atoms with Crippen molar-refractivity contribution in [3.63, 3.8) is 0 Å². The smallest absolute Gasteiger partial charge is 0.162 e. The van der Waals surface area contributed by atoms with Crippen molar-refractivity contribution in [1.29, 1.82) is 0 Å². The fourth-order valence-electron chi connectivity index (χ4n) is 2.44. The van der Waals surface area contributed by atoms with Crippen LogP contribution in [0.1, 0.15) is 6.92 Å². The third-order valence-corrected chi connectivity index (χ3v) is 5.24. The van der Waals surface area contributed by atoms with Crippen LogP contribution in [0.2, 0.25) is 0 Å². The maximum Gasteiger partial charge on any atom is 0.162 e. The monoisotopic (exact) mass is 396 g/mol. The maximum atomic E-state index is 6.21. The second-order valence-corrected chi connectivity index (χ2v) is 7.33. The summed E-state index contributed by atoms with van der Waals surface area (Å²) in [4.78, 5) is 14.4. The van der Waals surface area contributed by atoms with E-state index < -0.39 is 0 Å². The molecule has 7 heteroatoms. The topological polar surface area (TPSA) is 73.9 Å². The normalized spacial score (nSPS) is 10.5. The lowest BCUT2D eigenvalue weighted by atomic mass is 10.1. The minimum absolute atomic E-state index is 0.630. The molecular weight excluding hydrogens is 376 g/mol. The molecule has 2 N–H and O–H groups in total. The Kier molecular flexibility index (Phi) is 6.39. The van der Waals surface area contributed by atoms with Gasteiger partial charge in [-0.1, -0.05) is 30.3 Å². The molecule has 0 saturated carbocycles. The van der Waals surface area contributed by atoms with Crippen molar-refractivity contribution < 1.29 is 4.74 Å². The molecule has 0 unspecified atom stereocenters. The third-order valence-electron chi connectivity index (χ3n) is 3.82. The van der Waals surface area contributed by atoms with Gasteiger partial charge in [-0.15, -0.1) is 24.0 Å². The summed E-state index contributed by atoms with van der Waals surface area (Å²) in [6, 6.07) is 13.8. The van der Waals surface area contributed by atoms with Crippen LogP contribution in [0.5, 0.6) is 0 Å². The number of fused-ring (bicyclic) bond motifs is 1. The molecule has 5 nitrogen and oxygen atoms in total. The van der Waals surface area contributed by atoms with E-state index in [-0.39, 0.29) is 0 Å². The highest BCUT2D eigenvalue weighted by Gasteiger charge is 2.17. The highest BCUT2D eigenvalue weighted by molar-refractivity contribution is 7.83. The Morgan fingerprint density at radius 1 is 1.07 bits per heavy atom. The van der Waals surface area contributed by atoms with Gasteiger partial charge < -0.3 is 10.5 Å². The van der Waals surface area contributed by atoms with Crippen LogP contribution >= 0.6 is 24.0 Å². The van der Waals surface area contributed by atoms with Crippen LogP contribution in [0.25, 0.3) is 32.9 Å². The van der Waals surface area contributed by atoms with Gasteiger partial charge in [-0.3, -0.25) is 4.98 Å². The van der Waals surface area contributed by atoms with Gasteiger partial charge in [0.1, 0.15) is 4.83 Å². The molecule has 1 aromatic carbocycles. The molecule has 0 aliphatic rings. The van der Waals surface area contributed by atoms with Gasteiger partial charge in [-0.05, 0) is 19.1 Å². The SMILES string of the molecule is CCOC.Nc1c(S)sc2nc(-c3cccnc3)nc(-c3ccccc3)c12. The number of hydrogen-bond donors (Lipinski definition) is 2. The number of thiol groups is 1. The number of pyridine rings is 1. The van der Waals surface area contributed by atoms with E-state index in [4.69, 9.17) is 10.7 Å². The summed E-state index contributed by atoms with van der Waals surface area (Å²) in [6.07, 6.45) is 3.49. The number of rotatable bonds is 3. The molecule has 0 amide bonds. The second-order valence-electron chi connectivity index (χ2n) is 5.58. The van der Waals surface area contributed by atoms with Crippen molar-refractivity contribution in [3.05, 3.63) is 54.9 Å². The average molecular weight is 397 g/mol. The van der Waals surface area contributed by atoms with Gasteiger partial charge in [-0.25, -0.2) is 9.97 Å². The Labute approximate surface area is 167 Å². The Bertz CT molecular complexity index is 1020. The van der Waals surface area contributed by atoms with Gasteiger partial charge in [0.2, 0.25) is 0 Å². The minimum Gasteiger partial charge on any atom is -0.397 e. The van der Waals surface area contributed by atoms with Crippen molar-refractivity contribution >= 4 is 39.9 Å². The number of nitrogens with two attached hydrogens (primary N) is 1. The maximum absolute atomic E-state index is 6.21. The number of methoxy groups -OCH3 is 1. The number of ether oxygens (including phenoxy) is 1. The van der Waals surface area contributed by atoms with Crippen molar-refractivity contribution in [3.8, 4) is 22.6 Å². The summed E-state index contributed by atoms with van der Waals surface area (Å²) in [5.41, 5.74) is 9.54. The van der Waals surface area contributed by atoms with Crippen LogP contribution in [0.3, 0.4) is 0 Å². The van der Waals surface area contributed by atoms with Crippen molar-refractivity contribution in [2.75, 3.05) is 19.5 Å². The van der Waals surface area contributed by atoms with Gasteiger partial charge in [0.05, 0.1) is 21.0 Å². The van der Waals surface area contributed by atoms with Gasteiger partial charge >= 0.3 is 0 Å². The van der Waals surface area contributed by atoms with Gasteiger partial charge in [-0.2, -0.15) is 0 Å². The molecule has 4 rings (SSSR count). The number of anilines is 1. The van der Waals surface area contributed by atoms with Crippen LogP contribution in [0.4, 0.5) is 5.69 Å². The summed E-state index contributed by atoms with van der Waals surface area (Å²) in [5, 5.41) is 0.860.